The monoisotopic (exact) mass is 635 g/mol. The van der Waals surface area contributed by atoms with E-state index >= 15 is 0 Å². The molecular weight excluding hydrogens is 593 g/mol. The Bertz CT molecular complexity index is 1230. The van der Waals surface area contributed by atoms with Gasteiger partial charge < -0.3 is 14.5 Å². The van der Waals surface area contributed by atoms with E-state index in [1.807, 2.05) is 37.8 Å². The third-order valence-electron chi connectivity index (χ3n) is 8.33. The Morgan fingerprint density at radius 1 is 0.952 bits per heavy atom. The molecule has 0 unspecified atom stereocenters. The Morgan fingerprint density at radius 2 is 1.60 bits per heavy atom. The van der Waals surface area contributed by atoms with Gasteiger partial charge in [0.05, 0.1) is 0 Å². The average Bonchev–Trinajstić information content (AvgIpc) is 3.45. The number of hydrogen-bond donors (Lipinski definition) is 0. The van der Waals surface area contributed by atoms with Crippen molar-refractivity contribution in [2.75, 3.05) is 39.8 Å². The van der Waals surface area contributed by atoms with E-state index in [1.165, 1.54) is 42.0 Å². The molecule has 230 valence electrons. The summed E-state index contributed by atoms with van der Waals surface area (Å²) in [5.41, 5.74) is 2.75. The Morgan fingerprint density at radius 3 is 2.24 bits per heavy atom. The highest BCUT2D eigenvalue weighted by molar-refractivity contribution is 6.35. The first kappa shape index (κ1) is 32.9. The molecule has 0 bridgehead atoms. The first-order valence-corrected chi connectivity index (χ1v) is 16.2. The van der Waals surface area contributed by atoms with Gasteiger partial charge in [-0.3, -0.25) is 9.69 Å². The van der Waals surface area contributed by atoms with Crippen molar-refractivity contribution in [3.05, 3.63) is 68.2 Å². The second-order valence-corrected chi connectivity index (χ2v) is 13.9. The van der Waals surface area contributed by atoms with Gasteiger partial charge in [-0.1, -0.05) is 46.9 Å². The van der Waals surface area contributed by atoms with E-state index in [9.17, 15) is 9.59 Å². The number of amides is 2. The predicted molar refractivity (Wildman–Crippen MR) is 172 cm³/mol. The third kappa shape index (κ3) is 9.01. The van der Waals surface area contributed by atoms with E-state index < -0.39 is 17.7 Å². The number of carbonyl (C=O) groups excluding carboxylic acids is 2. The number of piperidine rings is 1. The molecule has 2 amide bonds. The van der Waals surface area contributed by atoms with Crippen LogP contribution in [0, 0.1) is 0 Å². The van der Waals surface area contributed by atoms with Crippen molar-refractivity contribution >= 4 is 46.8 Å². The SMILES string of the molecule is CN(C(=O)OC(C)(C)C)[C@H](Cc1ccc(Cl)cc1Cl)C(=O)N1CCC(c2ccc(Cl)cc2CCCN2CCCC2)CC1. The zero-order valence-electron chi connectivity index (χ0n) is 25.3. The molecule has 0 radical (unpaired) electrons. The van der Waals surface area contributed by atoms with Gasteiger partial charge in [0.1, 0.15) is 11.6 Å². The van der Waals surface area contributed by atoms with Crippen molar-refractivity contribution in [1.82, 2.24) is 14.7 Å². The number of rotatable bonds is 9. The van der Waals surface area contributed by atoms with Crippen LogP contribution in [0.25, 0.3) is 0 Å². The lowest BCUT2D eigenvalue weighted by Gasteiger charge is -2.37. The Labute approximate surface area is 266 Å². The fourth-order valence-electron chi connectivity index (χ4n) is 6.06. The van der Waals surface area contributed by atoms with Gasteiger partial charge in [-0.2, -0.15) is 0 Å². The van der Waals surface area contributed by atoms with Crippen LogP contribution in [-0.2, 0) is 22.4 Å². The number of likely N-dealkylation sites (tertiary alicyclic amines) is 2. The van der Waals surface area contributed by atoms with E-state index in [0.717, 1.165) is 42.8 Å². The number of likely N-dealkylation sites (N-methyl/N-ethyl adjacent to an activating group) is 1. The molecule has 2 heterocycles. The maximum absolute atomic E-state index is 14.0. The van der Waals surface area contributed by atoms with Crippen LogP contribution in [0.1, 0.15) is 75.5 Å². The summed E-state index contributed by atoms with van der Waals surface area (Å²) < 4.78 is 5.62. The van der Waals surface area contributed by atoms with Crippen LogP contribution < -0.4 is 0 Å². The molecule has 2 aliphatic rings. The number of nitrogens with zero attached hydrogens (tertiary/aromatic N) is 3. The zero-order valence-corrected chi connectivity index (χ0v) is 27.6. The maximum atomic E-state index is 14.0. The van der Waals surface area contributed by atoms with Crippen molar-refractivity contribution in [1.29, 1.82) is 0 Å². The molecule has 0 N–H and O–H groups in total. The number of hydrogen-bond acceptors (Lipinski definition) is 4. The minimum Gasteiger partial charge on any atom is -0.444 e. The molecule has 0 aromatic heterocycles. The summed E-state index contributed by atoms with van der Waals surface area (Å²) in [5.74, 6) is 0.260. The first-order chi connectivity index (χ1) is 19.9. The van der Waals surface area contributed by atoms with E-state index in [1.54, 1.807) is 19.2 Å². The first-order valence-electron chi connectivity index (χ1n) is 15.1. The minimum atomic E-state index is -0.758. The number of aryl methyl sites for hydroxylation is 1. The smallest absolute Gasteiger partial charge is 0.410 e. The average molecular weight is 637 g/mol. The van der Waals surface area contributed by atoms with Gasteiger partial charge in [-0.25, -0.2) is 4.79 Å². The lowest BCUT2D eigenvalue weighted by atomic mass is 9.85. The topological polar surface area (TPSA) is 53.1 Å². The Kier molecular flexibility index (Phi) is 11.5. The summed E-state index contributed by atoms with van der Waals surface area (Å²) in [6.45, 7) is 10.2. The summed E-state index contributed by atoms with van der Waals surface area (Å²) in [7, 11) is 1.62. The lowest BCUT2D eigenvalue weighted by Crippen LogP contribution is -2.53. The van der Waals surface area contributed by atoms with Crippen molar-refractivity contribution in [2.24, 2.45) is 0 Å². The highest BCUT2D eigenvalue weighted by Gasteiger charge is 2.35. The van der Waals surface area contributed by atoms with E-state index in [2.05, 4.69) is 17.0 Å². The van der Waals surface area contributed by atoms with E-state index in [-0.39, 0.29) is 12.3 Å². The van der Waals surface area contributed by atoms with Crippen LogP contribution in [0.15, 0.2) is 36.4 Å². The van der Waals surface area contributed by atoms with Gasteiger partial charge in [-0.15, -0.1) is 0 Å². The third-order valence-corrected chi connectivity index (χ3v) is 9.16. The molecular formula is C33H44Cl3N3O3. The van der Waals surface area contributed by atoms with Crippen LogP contribution in [0.2, 0.25) is 15.1 Å². The molecule has 0 spiro atoms. The summed E-state index contributed by atoms with van der Waals surface area (Å²) in [6.07, 6.45) is 6.19. The van der Waals surface area contributed by atoms with E-state index in [4.69, 9.17) is 39.5 Å². The number of halogens is 3. The van der Waals surface area contributed by atoms with Crippen LogP contribution in [-0.4, -0.2) is 78.1 Å². The molecule has 9 heteroatoms. The second kappa shape index (κ2) is 14.7. The maximum Gasteiger partial charge on any atom is 0.410 e. The van der Waals surface area contributed by atoms with Crippen molar-refractivity contribution < 1.29 is 14.3 Å². The van der Waals surface area contributed by atoms with Crippen LogP contribution in [0.5, 0.6) is 0 Å². The van der Waals surface area contributed by atoms with Gasteiger partial charge in [0.25, 0.3) is 0 Å². The Balaban J connectivity index is 1.45. The van der Waals surface area contributed by atoms with Gasteiger partial charge in [0, 0.05) is 41.6 Å². The molecule has 42 heavy (non-hydrogen) atoms. The molecule has 2 aliphatic heterocycles. The predicted octanol–water partition coefficient (Wildman–Crippen LogP) is 7.86. The fourth-order valence-corrected chi connectivity index (χ4v) is 6.74. The number of carbonyl (C=O) groups is 2. The zero-order chi connectivity index (χ0) is 30.4. The standard InChI is InChI=1S/C33H44Cl3N3O3/c1-33(2,3)42-32(41)37(4)30(21-25-9-10-27(35)22-29(25)36)31(40)39-18-13-23(14-19-39)28-12-11-26(34)20-24(28)8-7-17-38-15-5-6-16-38/h9-12,20,22-23,30H,5-8,13-19,21H2,1-4H3/t30-/m1/s1. The van der Waals surface area contributed by atoms with Crippen LogP contribution in [0.4, 0.5) is 4.79 Å². The van der Waals surface area contributed by atoms with Gasteiger partial charge >= 0.3 is 6.09 Å². The quantitative estimate of drug-likeness (QED) is 0.281. The van der Waals surface area contributed by atoms with Crippen molar-refractivity contribution in [3.63, 3.8) is 0 Å². The molecule has 0 saturated carbocycles. The highest BCUT2D eigenvalue weighted by Crippen LogP contribution is 2.33. The van der Waals surface area contributed by atoms with Gasteiger partial charge in [0.15, 0.2) is 0 Å². The summed E-state index contributed by atoms with van der Waals surface area (Å²) in [4.78, 5) is 32.9. The lowest BCUT2D eigenvalue weighted by molar-refractivity contribution is -0.137. The highest BCUT2D eigenvalue weighted by atomic mass is 35.5. The van der Waals surface area contributed by atoms with Crippen LogP contribution >= 0.6 is 34.8 Å². The molecule has 4 rings (SSSR count). The van der Waals surface area contributed by atoms with Gasteiger partial charge in [-0.05, 0) is 126 Å². The largest absolute Gasteiger partial charge is 0.444 e. The normalized spacial score (nSPS) is 17.4. The summed E-state index contributed by atoms with van der Waals surface area (Å²) >= 11 is 19.0. The van der Waals surface area contributed by atoms with Crippen LogP contribution in [0.3, 0.4) is 0 Å². The molecule has 2 saturated heterocycles. The minimum absolute atomic E-state index is 0.102. The van der Waals surface area contributed by atoms with Crippen molar-refractivity contribution in [2.45, 2.75) is 83.3 Å². The summed E-state index contributed by atoms with van der Waals surface area (Å²) in [6, 6.07) is 10.8. The molecule has 0 aliphatic carbocycles. The molecule has 6 nitrogen and oxygen atoms in total. The number of ether oxygens (including phenoxy) is 1. The molecule has 2 aromatic rings. The second-order valence-electron chi connectivity index (χ2n) is 12.6. The van der Waals surface area contributed by atoms with E-state index in [0.29, 0.717) is 29.1 Å². The Hall–Kier alpha value is -1.99. The molecule has 1 atom stereocenters. The number of benzene rings is 2. The summed E-state index contributed by atoms with van der Waals surface area (Å²) in [5, 5.41) is 1.76. The fraction of sp³-hybridized carbons (Fsp3) is 0.576. The van der Waals surface area contributed by atoms with Gasteiger partial charge in [0.2, 0.25) is 5.91 Å². The van der Waals surface area contributed by atoms with Crippen molar-refractivity contribution in [3.8, 4) is 0 Å². The molecule has 2 fully saturated rings. The molecule has 2 aromatic carbocycles.